The molecule has 0 radical (unpaired) electrons. The predicted octanol–water partition coefficient (Wildman–Crippen LogP) is 5.17. The minimum absolute atomic E-state index is 0. The highest BCUT2D eigenvalue weighted by atomic mass is 19.3. The van der Waals surface area contributed by atoms with Gasteiger partial charge in [-0.2, -0.15) is 0 Å². The summed E-state index contributed by atoms with van der Waals surface area (Å²) in [4.78, 5) is 29.5. The Balaban J connectivity index is 0.00000304. The summed E-state index contributed by atoms with van der Waals surface area (Å²) >= 11 is 0. The molecule has 1 fully saturated rings. The molecule has 0 spiro atoms. The molecule has 0 unspecified atom stereocenters. The Bertz CT molecular complexity index is 1370. The van der Waals surface area contributed by atoms with E-state index in [2.05, 4.69) is 14.5 Å². The van der Waals surface area contributed by atoms with Crippen molar-refractivity contribution in [3.05, 3.63) is 70.9 Å². The number of carboxylic acids is 1. The van der Waals surface area contributed by atoms with E-state index >= 15 is 0 Å². The van der Waals surface area contributed by atoms with Gasteiger partial charge in [-0.1, -0.05) is 12.1 Å². The van der Waals surface area contributed by atoms with Crippen molar-refractivity contribution in [2.24, 2.45) is 0 Å². The third-order valence-electron chi connectivity index (χ3n) is 6.44. The van der Waals surface area contributed by atoms with E-state index in [4.69, 9.17) is 4.74 Å². The minimum atomic E-state index is -3.72. The number of halogens is 2. The van der Waals surface area contributed by atoms with Crippen LogP contribution in [0.3, 0.4) is 0 Å². The molecule has 3 aromatic rings. The summed E-state index contributed by atoms with van der Waals surface area (Å²) in [5.74, 6) is -0.853. The second-order valence-corrected chi connectivity index (χ2v) is 8.70. The highest BCUT2D eigenvalue weighted by molar-refractivity contribution is 5.95. The van der Waals surface area contributed by atoms with E-state index < -0.39 is 17.7 Å². The van der Waals surface area contributed by atoms with Gasteiger partial charge in [-0.3, -0.25) is 9.78 Å². The quantitative estimate of drug-likeness (QED) is 0.495. The van der Waals surface area contributed by atoms with Crippen molar-refractivity contribution in [2.75, 3.05) is 7.11 Å². The fourth-order valence-electron chi connectivity index (χ4n) is 4.40. The molecule has 9 heteroatoms. The smallest absolute Gasteiger partial charge is 0.496 e. The number of ether oxygens (including phenoxy) is 3. The van der Waals surface area contributed by atoms with E-state index in [1.54, 1.807) is 18.2 Å². The zero-order valence-electron chi connectivity index (χ0n) is 18.9. The summed E-state index contributed by atoms with van der Waals surface area (Å²) in [6.07, 6.45) is -2.51. The number of hydrogen-bond acceptors (Lipinski definition) is 6. The van der Waals surface area contributed by atoms with E-state index in [-0.39, 0.29) is 30.7 Å². The normalized spacial score (nSPS) is 16.6. The number of carbonyl (C=O) groups is 2. The first kappa shape index (κ1) is 22.8. The van der Waals surface area contributed by atoms with Crippen molar-refractivity contribution in [3.8, 4) is 28.5 Å². The zero-order chi connectivity index (χ0) is 25.0. The number of ketones is 1. The van der Waals surface area contributed by atoms with Crippen LogP contribution in [0.1, 0.15) is 41.4 Å². The number of aromatic carboxylic acids is 1. The molecule has 35 heavy (non-hydrogen) atoms. The van der Waals surface area contributed by atoms with Crippen LogP contribution in [-0.2, 0) is 16.6 Å². The first-order valence-electron chi connectivity index (χ1n) is 10.9. The molecule has 1 saturated carbocycles. The number of aromatic nitrogens is 1. The molecule has 2 aliphatic rings. The van der Waals surface area contributed by atoms with Crippen LogP contribution < -0.4 is 14.2 Å². The van der Waals surface area contributed by atoms with Gasteiger partial charge >= 0.3 is 12.3 Å². The Morgan fingerprint density at radius 3 is 2.51 bits per heavy atom. The number of fused-ring (bicyclic) bond motifs is 1. The third kappa shape index (κ3) is 4.07. The van der Waals surface area contributed by atoms with Crippen LogP contribution >= 0.6 is 0 Å². The minimum Gasteiger partial charge on any atom is -0.496 e. The van der Waals surface area contributed by atoms with Gasteiger partial charge in [0.15, 0.2) is 11.5 Å². The van der Waals surface area contributed by atoms with E-state index in [0.29, 0.717) is 41.1 Å². The molecule has 1 aromatic heterocycles. The number of Topliss-reactive ketones (excluding diaryl/α,β-unsaturated/α-hetero) is 1. The SMILES string of the molecule is COc1ccc(C(=O)O)cc1-c1nc(CC(=O)C2(c3ccc4c(c3)OC(F)(F)O4)CC2)ccc1C.[HH]. The van der Waals surface area contributed by atoms with Gasteiger partial charge in [-0.15, -0.1) is 8.78 Å². The number of carboxylic acid groups (broad SMARTS) is 1. The molecule has 2 aromatic carbocycles. The summed E-state index contributed by atoms with van der Waals surface area (Å²) in [6, 6.07) is 12.5. The van der Waals surface area contributed by atoms with Crippen LogP contribution in [-0.4, -0.2) is 35.2 Å². The molecule has 0 amide bonds. The highest BCUT2D eigenvalue weighted by Crippen LogP contribution is 2.52. The van der Waals surface area contributed by atoms with Crippen molar-refractivity contribution >= 4 is 11.8 Å². The van der Waals surface area contributed by atoms with Crippen LogP contribution in [0.25, 0.3) is 11.3 Å². The number of rotatable bonds is 7. The Morgan fingerprint density at radius 2 is 1.83 bits per heavy atom. The van der Waals surface area contributed by atoms with Gasteiger partial charge in [0.1, 0.15) is 11.5 Å². The van der Waals surface area contributed by atoms with Crippen LogP contribution in [0.15, 0.2) is 48.5 Å². The van der Waals surface area contributed by atoms with Crippen molar-refractivity contribution in [1.29, 1.82) is 0 Å². The average molecular weight is 483 g/mol. The van der Waals surface area contributed by atoms with Crippen LogP contribution in [0.2, 0.25) is 0 Å². The van der Waals surface area contributed by atoms with Crippen molar-refractivity contribution < 1.29 is 39.1 Å². The summed E-state index contributed by atoms with van der Waals surface area (Å²) in [5.41, 5.74) is 2.24. The number of hydrogen-bond donors (Lipinski definition) is 1. The number of methoxy groups -OCH3 is 1. The van der Waals surface area contributed by atoms with E-state index in [0.717, 1.165) is 5.56 Å². The summed E-state index contributed by atoms with van der Waals surface area (Å²) in [5, 5.41) is 9.39. The molecule has 1 aliphatic carbocycles. The Labute approximate surface area is 200 Å². The Hall–Kier alpha value is -4.01. The lowest BCUT2D eigenvalue weighted by Gasteiger charge is -2.16. The maximum absolute atomic E-state index is 13.4. The lowest BCUT2D eigenvalue weighted by atomic mass is 9.88. The Kier molecular flexibility index (Phi) is 5.23. The van der Waals surface area contributed by atoms with Crippen molar-refractivity contribution in [3.63, 3.8) is 0 Å². The van der Waals surface area contributed by atoms with E-state index in [1.807, 2.05) is 13.0 Å². The molecule has 1 N–H and O–H groups in total. The largest absolute Gasteiger partial charge is 0.586 e. The highest BCUT2D eigenvalue weighted by Gasteiger charge is 2.52. The molecule has 182 valence electrons. The maximum Gasteiger partial charge on any atom is 0.586 e. The summed E-state index contributed by atoms with van der Waals surface area (Å²) in [7, 11) is 1.49. The van der Waals surface area contributed by atoms with Gasteiger partial charge in [0.05, 0.1) is 23.8 Å². The van der Waals surface area contributed by atoms with E-state index in [1.165, 1.54) is 31.4 Å². The molecule has 5 rings (SSSR count). The second kappa shape index (κ2) is 8.04. The zero-order valence-corrected chi connectivity index (χ0v) is 18.9. The predicted molar refractivity (Wildman–Crippen MR) is 122 cm³/mol. The number of benzene rings is 2. The molecule has 1 aliphatic heterocycles. The van der Waals surface area contributed by atoms with Crippen LogP contribution in [0.5, 0.6) is 17.2 Å². The van der Waals surface area contributed by atoms with Gasteiger partial charge in [0, 0.05) is 19.1 Å². The Morgan fingerprint density at radius 1 is 1.09 bits per heavy atom. The third-order valence-corrected chi connectivity index (χ3v) is 6.44. The topological polar surface area (TPSA) is 95.0 Å². The van der Waals surface area contributed by atoms with Crippen molar-refractivity contribution in [2.45, 2.75) is 37.9 Å². The fraction of sp³-hybridized carbons (Fsp3) is 0.269. The molecule has 2 heterocycles. The molecule has 0 bridgehead atoms. The van der Waals surface area contributed by atoms with Gasteiger partial charge in [-0.25, -0.2) is 4.79 Å². The van der Waals surface area contributed by atoms with Gasteiger partial charge in [0.2, 0.25) is 0 Å². The standard InChI is InChI=1S/C26H21F2NO6.H2/c1-14-3-6-17(29-23(14)18-11-15(24(31)32)4-7-19(18)33-2)13-22(30)25(9-10-25)16-5-8-20-21(12-16)35-26(27,28)34-20;/h3-8,11-12H,9-10,13H2,1-2H3,(H,31,32);1H. The first-order chi connectivity index (χ1) is 16.6. The lowest BCUT2D eigenvalue weighted by Crippen LogP contribution is -2.26. The summed E-state index contributed by atoms with van der Waals surface area (Å²) in [6.45, 7) is 1.84. The van der Waals surface area contributed by atoms with Gasteiger partial charge in [0.25, 0.3) is 0 Å². The molecule has 0 saturated heterocycles. The molecule has 7 nitrogen and oxygen atoms in total. The van der Waals surface area contributed by atoms with E-state index in [9.17, 15) is 23.5 Å². The average Bonchev–Trinajstić information content (AvgIpc) is 3.57. The number of pyridine rings is 1. The van der Waals surface area contributed by atoms with Crippen LogP contribution in [0.4, 0.5) is 8.78 Å². The molecule has 0 atom stereocenters. The number of aryl methyl sites for hydroxylation is 1. The second-order valence-electron chi connectivity index (χ2n) is 8.70. The number of nitrogens with zero attached hydrogens (tertiary/aromatic N) is 1. The van der Waals surface area contributed by atoms with Crippen LogP contribution in [0, 0.1) is 6.92 Å². The number of carbonyl (C=O) groups excluding carboxylic acids is 1. The van der Waals surface area contributed by atoms with Gasteiger partial charge in [-0.05, 0) is 67.3 Å². The van der Waals surface area contributed by atoms with Gasteiger partial charge < -0.3 is 19.3 Å². The maximum atomic E-state index is 13.4. The monoisotopic (exact) mass is 483 g/mol. The molecular weight excluding hydrogens is 460 g/mol. The lowest BCUT2D eigenvalue weighted by molar-refractivity contribution is -0.286. The fourth-order valence-corrected chi connectivity index (χ4v) is 4.40. The summed E-state index contributed by atoms with van der Waals surface area (Å²) < 4.78 is 41.2. The first-order valence-corrected chi connectivity index (χ1v) is 10.9. The van der Waals surface area contributed by atoms with Crippen molar-refractivity contribution in [1.82, 2.24) is 4.98 Å². The number of alkyl halides is 2. The molecular formula is C26H23F2NO6.